The average Bonchev–Trinajstić information content (AvgIpc) is 3.31. The molecule has 2 aromatic carbocycles. The normalized spacial score (nSPS) is 14.8. The highest BCUT2D eigenvalue weighted by Crippen LogP contribution is 2.45. The number of likely N-dealkylation sites (tertiary alicyclic amines) is 1. The Morgan fingerprint density at radius 2 is 1.67 bits per heavy atom. The molecule has 2 aromatic rings. The molecule has 0 radical (unpaired) electrons. The van der Waals surface area contributed by atoms with Crippen LogP contribution in [0, 0.1) is 0 Å². The number of amides is 3. The van der Waals surface area contributed by atoms with Gasteiger partial charge in [0.1, 0.15) is 25.1 Å². The maximum absolute atomic E-state index is 12.0. The Kier molecular flexibility index (Phi) is 12.5. The van der Waals surface area contributed by atoms with Crippen LogP contribution in [0.1, 0.15) is 49.9 Å². The van der Waals surface area contributed by atoms with E-state index in [2.05, 4.69) is 5.32 Å². The smallest absolute Gasteiger partial charge is 0.336 e. The van der Waals surface area contributed by atoms with Gasteiger partial charge in [-0.25, -0.2) is 21.6 Å². The standard InChI is InChI=1S/C20H14N2O9S2.C13H22N2O3S/c21-13-7-5-11-15(9-3-1-2-4-10(9)20(23)24)12-6-8-14(22)19(33(28,29)30)17(12)31-16(11)18(13)32(25,26)27;1-3-19-11-9-12(17)15(13(11)18)8-6-4-5-7-14-10(2)16/h1-8,21H,22H2,(H,23,24)(H,25,26,27)(H,28,29,30);11H,3-9H2,1-2H3,(H,14,16)/p-1. The third-order valence-electron chi connectivity index (χ3n) is 7.96. The van der Waals surface area contributed by atoms with Crippen LogP contribution >= 0.6 is 11.8 Å². The van der Waals surface area contributed by atoms with E-state index in [4.69, 9.17) is 15.6 Å². The zero-order valence-electron chi connectivity index (χ0n) is 27.9. The minimum atomic E-state index is -5.26. The molecule has 1 unspecified atom stereocenters. The van der Waals surface area contributed by atoms with Gasteiger partial charge in [0.05, 0.1) is 16.5 Å². The lowest BCUT2D eigenvalue weighted by Gasteiger charge is -2.21. The van der Waals surface area contributed by atoms with Crippen LogP contribution in [0.4, 0.5) is 5.69 Å². The number of unbranched alkanes of at least 4 members (excludes halogenated alkanes) is 2. The van der Waals surface area contributed by atoms with Crippen molar-refractivity contribution < 1.29 is 60.1 Å². The van der Waals surface area contributed by atoms with Gasteiger partial charge >= 0.3 is 5.97 Å². The predicted octanol–water partition coefficient (Wildman–Crippen LogP) is 1.13. The van der Waals surface area contributed by atoms with E-state index in [9.17, 15) is 50.2 Å². The van der Waals surface area contributed by atoms with Crippen LogP contribution in [-0.2, 0) is 34.6 Å². The van der Waals surface area contributed by atoms with Gasteiger partial charge in [-0.05, 0) is 54.8 Å². The summed E-state index contributed by atoms with van der Waals surface area (Å²) in [5.74, 6) is -1.23. The highest BCUT2D eigenvalue weighted by molar-refractivity contribution is 8.00. The second-order valence-electron chi connectivity index (χ2n) is 11.5. The summed E-state index contributed by atoms with van der Waals surface area (Å²) >= 11 is 1.55. The third kappa shape index (κ3) is 8.79. The lowest BCUT2D eigenvalue weighted by molar-refractivity contribution is -0.176. The number of carboxylic acid groups (broad SMARTS) is 1. The number of imide groups is 1. The summed E-state index contributed by atoms with van der Waals surface area (Å²) in [5, 5.41) is 17.4. The van der Waals surface area contributed by atoms with Crippen LogP contribution in [0.15, 0.2) is 62.7 Å². The maximum atomic E-state index is 12.0. The molecule has 2 aliphatic heterocycles. The summed E-state index contributed by atoms with van der Waals surface area (Å²) in [6, 6.07) is 10.4. The Morgan fingerprint density at radius 1 is 1.00 bits per heavy atom. The number of thioether (sulfide) groups is 1. The molecule has 5 rings (SSSR count). The van der Waals surface area contributed by atoms with Crippen LogP contribution in [0.5, 0.6) is 0 Å². The maximum Gasteiger partial charge on any atom is 0.336 e. The number of anilines is 1. The number of nitrogens with two attached hydrogens (primary N) is 2. The molecule has 0 bridgehead atoms. The van der Waals surface area contributed by atoms with Crippen molar-refractivity contribution in [3.05, 3.63) is 59.5 Å². The van der Waals surface area contributed by atoms with Gasteiger partial charge in [-0.3, -0.25) is 24.7 Å². The number of aromatic carboxylic acids is 1. The zero-order chi connectivity index (χ0) is 38.5. The van der Waals surface area contributed by atoms with Gasteiger partial charge in [-0.2, -0.15) is 0 Å². The van der Waals surface area contributed by atoms with Crippen molar-refractivity contribution >= 4 is 72.3 Å². The fourth-order valence-electron chi connectivity index (χ4n) is 5.75. The Bertz CT molecular complexity index is 2310. The number of hydrogen-bond donors (Lipinski definition) is 4. The molecule has 1 aliphatic carbocycles. The van der Waals surface area contributed by atoms with E-state index in [0.717, 1.165) is 37.1 Å². The molecule has 2 heterocycles. The van der Waals surface area contributed by atoms with Crippen molar-refractivity contribution in [1.29, 1.82) is 0 Å². The molecule has 19 heteroatoms. The molecule has 1 fully saturated rings. The molecule has 6 N–H and O–H groups in total. The van der Waals surface area contributed by atoms with E-state index in [1.807, 2.05) is 6.92 Å². The second kappa shape index (κ2) is 16.2. The van der Waals surface area contributed by atoms with Gasteiger partial charge in [0.2, 0.25) is 23.1 Å². The highest BCUT2D eigenvalue weighted by atomic mass is 32.2. The van der Waals surface area contributed by atoms with Crippen molar-refractivity contribution in [2.24, 2.45) is 0 Å². The Morgan fingerprint density at radius 3 is 2.29 bits per heavy atom. The molecular weight excluding hydrogens is 741 g/mol. The average molecular weight is 776 g/mol. The van der Waals surface area contributed by atoms with Gasteiger partial charge in [-0.15, -0.1) is 11.8 Å². The number of rotatable bonds is 12. The van der Waals surface area contributed by atoms with E-state index in [1.165, 1.54) is 48.2 Å². The van der Waals surface area contributed by atoms with E-state index in [0.29, 0.717) is 19.5 Å². The summed E-state index contributed by atoms with van der Waals surface area (Å²) in [5.41, 5.74) is 4.31. The molecule has 0 spiro atoms. The van der Waals surface area contributed by atoms with Crippen molar-refractivity contribution in [3.63, 3.8) is 0 Å². The number of carboxylic acids is 1. The van der Waals surface area contributed by atoms with Crippen LogP contribution in [-0.4, -0.2) is 83.7 Å². The van der Waals surface area contributed by atoms with Crippen molar-refractivity contribution in [1.82, 2.24) is 10.2 Å². The molecule has 0 saturated carbocycles. The minimum Gasteiger partial charge on any atom is -0.744 e. The van der Waals surface area contributed by atoms with Crippen LogP contribution < -0.4 is 21.8 Å². The van der Waals surface area contributed by atoms with Crippen LogP contribution in [0.25, 0.3) is 33.4 Å². The van der Waals surface area contributed by atoms with Crippen molar-refractivity contribution in [3.8, 4) is 22.5 Å². The lowest BCUT2D eigenvalue weighted by Crippen LogP contribution is -2.47. The fourth-order valence-corrected chi connectivity index (χ4v) is 8.15. The molecule has 0 aromatic heterocycles. The molecule has 278 valence electrons. The van der Waals surface area contributed by atoms with Crippen molar-refractivity contribution in [2.75, 3.05) is 24.6 Å². The molecule has 1 atom stereocenters. The Labute approximate surface area is 302 Å². The third-order valence-corrected chi connectivity index (χ3v) is 10.9. The van der Waals surface area contributed by atoms with E-state index >= 15 is 0 Å². The van der Waals surface area contributed by atoms with Crippen LogP contribution in [0.2, 0.25) is 0 Å². The van der Waals surface area contributed by atoms with E-state index < -0.39 is 58.4 Å². The highest BCUT2D eigenvalue weighted by Gasteiger charge is 2.38. The van der Waals surface area contributed by atoms with Crippen LogP contribution in [0.3, 0.4) is 0 Å². The van der Waals surface area contributed by atoms with Gasteiger partial charge < -0.3 is 29.7 Å². The number of carbonyl (C=O) groups excluding carboxylic acids is 3. The van der Waals surface area contributed by atoms with E-state index in [-0.39, 0.29) is 50.6 Å². The summed E-state index contributed by atoms with van der Waals surface area (Å²) in [4.78, 5) is 45.6. The number of fused-ring (bicyclic) bond motifs is 2. The SMILES string of the molecule is CCSC1CC(=O)N(CCCCCNC(C)=O)C1=O.Nc1ccc2c(-c3ccccc3C(=O)O)c3ccc(=[NH2+])c(S(=O)(=O)[O-])c-3oc2c1S(=O)(=O)[O-]. The summed E-state index contributed by atoms with van der Waals surface area (Å²) in [7, 11) is -10.5. The molecule has 3 aliphatic rings. The van der Waals surface area contributed by atoms with Gasteiger partial charge in [-0.1, -0.05) is 25.1 Å². The molecular formula is C33H35N4O12S3-. The second-order valence-corrected chi connectivity index (χ2v) is 15.6. The first-order chi connectivity index (χ1) is 24.4. The first-order valence-electron chi connectivity index (χ1n) is 15.7. The van der Waals surface area contributed by atoms with Crippen molar-refractivity contribution in [2.45, 2.75) is 54.6 Å². The molecule has 16 nitrogen and oxygen atoms in total. The number of nitrogen functional groups attached to an aromatic ring is 1. The summed E-state index contributed by atoms with van der Waals surface area (Å²) in [6.45, 7) is 4.66. The topological polar surface area (TPSA) is 283 Å². The number of benzene rings is 3. The Balaban J connectivity index is 0.000000272. The molecule has 52 heavy (non-hydrogen) atoms. The molecule has 1 saturated heterocycles. The molecule has 3 amide bonds. The first kappa shape index (κ1) is 40.0. The van der Waals surface area contributed by atoms with E-state index in [1.54, 1.807) is 11.8 Å². The summed E-state index contributed by atoms with van der Waals surface area (Å²) < 4.78 is 77.4. The number of nitrogens with zero attached hydrogens (tertiary/aromatic N) is 1. The fraction of sp³-hybridized carbons (Fsp3) is 0.303. The summed E-state index contributed by atoms with van der Waals surface area (Å²) in [6.07, 6.45) is 2.94. The largest absolute Gasteiger partial charge is 0.744 e. The number of hydrogen-bond acceptors (Lipinski definition) is 13. The number of carbonyl (C=O) groups is 4. The number of nitrogens with one attached hydrogen (secondary N) is 1. The quantitative estimate of drug-likeness (QED) is 0.0516. The minimum absolute atomic E-state index is 0.000880. The first-order valence-corrected chi connectivity index (χ1v) is 19.6. The predicted molar refractivity (Wildman–Crippen MR) is 186 cm³/mol. The van der Waals surface area contributed by atoms with Gasteiger partial charge in [0.15, 0.2) is 16.2 Å². The Hall–Kier alpha value is -4.82. The monoisotopic (exact) mass is 775 g/mol. The van der Waals surface area contributed by atoms with Gasteiger partial charge in [0, 0.05) is 49.0 Å². The zero-order valence-corrected chi connectivity index (χ0v) is 30.4. The van der Waals surface area contributed by atoms with Gasteiger partial charge in [0.25, 0.3) is 0 Å². The lowest BCUT2D eigenvalue weighted by atomic mass is 9.90.